The first-order valence-corrected chi connectivity index (χ1v) is 12.4. The summed E-state index contributed by atoms with van der Waals surface area (Å²) >= 11 is 0. The Morgan fingerprint density at radius 2 is 1.74 bits per heavy atom. The van der Waals surface area contributed by atoms with Crippen LogP contribution in [-0.2, 0) is 31.1 Å². The van der Waals surface area contributed by atoms with Crippen molar-refractivity contribution in [2.45, 2.75) is 56.7 Å². The van der Waals surface area contributed by atoms with Crippen LogP contribution in [-0.4, -0.2) is 46.8 Å². The number of amides is 3. The van der Waals surface area contributed by atoms with Gasteiger partial charge in [0.15, 0.2) is 5.78 Å². The molecule has 1 fully saturated rings. The highest BCUT2D eigenvalue weighted by Crippen LogP contribution is 2.45. The molecule has 1 aliphatic rings. The van der Waals surface area contributed by atoms with E-state index in [1.165, 1.54) is 19.1 Å². The number of aromatic nitrogens is 1. The predicted octanol–water partition coefficient (Wildman–Crippen LogP) is 2.64. The molecule has 2 aromatic carbocycles. The van der Waals surface area contributed by atoms with Gasteiger partial charge in [-0.15, -0.1) is 0 Å². The number of nitrogens with one attached hydrogen (secondary N) is 5. The third-order valence-corrected chi connectivity index (χ3v) is 6.78. The number of Topliss-reactive ketones (excluding diaryl/α,β-unsaturated/α-hetero) is 1. The van der Waals surface area contributed by atoms with Crippen molar-refractivity contribution in [3.8, 4) is 0 Å². The highest BCUT2D eigenvalue weighted by Gasteiger charge is 2.46. The van der Waals surface area contributed by atoms with Gasteiger partial charge in [0.1, 0.15) is 17.9 Å². The van der Waals surface area contributed by atoms with E-state index in [1.807, 2.05) is 24.3 Å². The maximum Gasteiger partial charge on any atom is 0.243 e. The fraction of sp³-hybridized carbons (Fsp3) is 0.321. The van der Waals surface area contributed by atoms with Gasteiger partial charge in [-0.1, -0.05) is 30.3 Å². The van der Waals surface area contributed by atoms with Crippen LogP contribution < -0.4 is 16.0 Å². The number of benzene rings is 2. The molecule has 38 heavy (non-hydrogen) atoms. The Labute approximate surface area is 219 Å². The number of rotatable bonds is 12. The van der Waals surface area contributed by atoms with Crippen molar-refractivity contribution < 1.29 is 23.6 Å². The summed E-state index contributed by atoms with van der Waals surface area (Å²) in [6, 6.07) is 11.4. The van der Waals surface area contributed by atoms with Crippen LogP contribution in [0.2, 0.25) is 0 Å². The lowest BCUT2D eigenvalue weighted by molar-refractivity contribution is -0.132. The molecule has 1 saturated carbocycles. The maximum absolute atomic E-state index is 13.4. The second-order valence-corrected chi connectivity index (χ2v) is 9.61. The molecular formula is C28H30FN5O4. The number of ketones is 1. The topological polar surface area (TPSA) is 144 Å². The molecule has 4 rings (SSSR count). The summed E-state index contributed by atoms with van der Waals surface area (Å²) in [5.41, 5.74) is 1.80. The van der Waals surface area contributed by atoms with Gasteiger partial charge >= 0.3 is 0 Å². The van der Waals surface area contributed by atoms with Crippen LogP contribution in [0.25, 0.3) is 10.9 Å². The molecule has 198 valence electrons. The Hall–Kier alpha value is -4.34. The van der Waals surface area contributed by atoms with E-state index in [4.69, 9.17) is 5.41 Å². The Balaban J connectivity index is 1.52. The molecule has 1 aliphatic carbocycles. The smallest absolute Gasteiger partial charge is 0.243 e. The monoisotopic (exact) mass is 519 g/mol. The van der Waals surface area contributed by atoms with Gasteiger partial charge in [-0.3, -0.25) is 19.2 Å². The van der Waals surface area contributed by atoms with E-state index in [-0.39, 0.29) is 25.1 Å². The summed E-state index contributed by atoms with van der Waals surface area (Å²) < 4.78 is 13.4. The normalized spacial score (nSPS) is 15.2. The molecule has 5 N–H and O–H groups in total. The average Bonchev–Trinajstić information content (AvgIpc) is 3.57. The quantitative estimate of drug-likeness (QED) is 0.234. The van der Waals surface area contributed by atoms with E-state index in [0.29, 0.717) is 19.1 Å². The standard InChI is InChI=1S/C28H30FN5O4/c1-17(35)32-25(14-18-16-31-23-5-3-2-4-22(18)23)26(37)33-24(11-10-21(36)15-30)27(38)34-28(12-13-28)19-6-8-20(29)9-7-19/h2-9,15-16,24-25,30-31H,10-14H2,1H3,(H,32,35)(H,33,37)(H,34,38)/t24-,25-/m0/s1. The molecule has 2 atom stereocenters. The lowest BCUT2D eigenvalue weighted by Gasteiger charge is -2.25. The number of fused-ring (bicyclic) bond motifs is 1. The maximum atomic E-state index is 13.4. The number of aromatic amines is 1. The molecule has 3 aromatic rings. The van der Waals surface area contributed by atoms with Crippen LogP contribution in [0.15, 0.2) is 54.7 Å². The van der Waals surface area contributed by atoms with Gasteiger partial charge in [-0.05, 0) is 48.6 Å². The van der Waals surface area contributed by atoms with Gasteiger partial charge in [-0.25, -0.2) is 4.39 Å². The van der Waals surface area contributed by atoms with Crippen LogP contribution in [0.4, 0.5) is 4.39 Å². The fourth-order valence-corrected chi connectivity index (χ4v) is 4.58. The van der Waals surface area contributed by atoms with Gasteiger partial charge < -0.3 is 26.3 Å². The van der Waals surface area contributed by atoms with Crippen molar-refractivity contribution in [3.63, 3.8) is 0 Å². The van der Waals surface area contributed by atoms with Crippen LogP contribution >= 0.6 is 0 Å². The first-order chi connectivity index (χ1) is 18.2. The van der Waals surface area contributed by atoms with Crippen molar-refractivity contribution in [2.24, 2.45) is 0 Å². The predicted molar refractivity (Wildman–Crippen MR) is 140 cm³/mol. The zero-order valence-electron chi connectivity index (χ0n) is 21.0. The van der Waals surface area contributed by atoms with Gasteiger partial charge in [0.25, 0.3) is 0 Å². The first-order valence-electron chi connectivity index (χ1n) is 12.4. The number of hydrogen-bond donors (Lipinski definition) is 5. The molecule has 0 saturated heterocycles. The number of halogens is 1. The number of hydrogen-bond acceptors (Lipinski definition) is 5. The minimum absolute atomic E-state index is 0.0227. The number of H-pyrrole nitrogens is 1. The molecule has 1 aromatic heterocycles. The summed E-state index contributed by atoms with van der Waals surface area (Å²) in [6.45, 7) is 1.31. The van der Waals surface area contributed by atoms with Crippen LogP contribution in [0.1, 0.15) is 43.7 Å². The molecule has 3 amide bonds. The third-order valence-electron chi connectivity index (χ3n) is 6.78. The van der Waals surface area contributed by atoms with Crippen molar-refractivity contribution in [3.05, 3.63) is 71.7 Å². The molecule has 0 bridgehead atoms. The number of para-hydroxylation sites is 1. The Morgan fingerprint density at radius 3 is 2.39 bits per heavy atom. The molecule has 9 nitrogen and oxygen atoms in total. The zero-order chi connectivity index (χ0) is 27.3. The number of carbonyl (C=O) groups is 4. The summed E-state index contributed by atoms with van der Waals surface area (Å²) in [6.07, 6.45) is 3.81. The summed E-state index contributed by atoms with van der Waals surface area (Å²) in [5.74, 6) is -2.33. The molecule has 0 radical (unpaired) electrons. The lowest BCUT2D eigenvalue weighted by Crippen LogP contribution is -2.55. The highest BCUT2D eigenvalue weighted by atomic mass is 19.1. The Morgan fingerprint density at radius 1 is 1.03 bits per heavy atom. The molecule has 10 heteroatoms. The molecule has 0 unspecified atom stereocenters. The van der Waals surface area contributed by atoms with Crippen molar-refractivity contribution >= 4 is 40.6 Å². The zero-order valence-corrected chi connectivity index (χ0v) is 21.0. The van der Waals surface area contributed by atoms with Gasteiger partial charge in [0.05, 0.1) is 11.8 Å². The summed E-state index contributed by atoms with van der Waals surface area (Å²) in [7, 11) is 0. The Bertz CT molecular complexity index is 1360. The van der Waals surface area contributed by atoms with E-state index in [9.17, 15) is 23.6 Å². The van der Waals surface area contributed by atoms with Crippen LogP contribution in [0, 0.1) is 11.2 Å². The second kappa shape index (κ2) is 11.4. The summed E-state index contributed by atoms with van der Waals surface area (Å²) in [4.78, 5) is 53.6. The van der Waals surface area contributed by atoms with E-state index in [1.54, 1.807) is 18.3 Å². The van der Waals surface area contributed by atoms with E-state index >= 15 is 0 Å². The van der Waals surface area contributed by atoms with Crippen LogP contribution in [0.5, 0.6) is 0 Å². The van der Waals surface area contributed by atoms with Crippen molar-refractivity contribution in [2.75, 3.05) is 0 Å². The van der Waals surface area contributed by atoms with Gasteiger partial charge in [-0.2, -0.15) is 0 Å². The van der Waals surface area contributed by atoms with E-state index < -0.39 is 41.1 Å². The molecule has 1 heterocycles. The molecule has 0 aliphatic heterocycles. The second-order valence-electron chi connectivity index (χ2n) is 9.61. The SMILES string of the molecule is CC(=O)N[C@@H](Cc1c[nH]c2ccccc12)C(=O)N[C@@H](CCC(=O)C=N)C(=O)NC1(c2ccc(F)cc2)CC1. The van der Waals surface area contributed by atoms with E-state index in [2.05, 4.69) is 20.9 Å². The Kier molecular flexibility index (Phi) is 7.99. The minimum Gasteiger partial charge on any atom is -0.361 e. The minimum atomic E-state index is -1.08. The van der Waals surface area contributed by atoms with Crippen molar-refractivity contribution in [1.29, 1.82) is 5.41 Å². The fourth-order valence-electron chi connectivity index (χ4n) is 4.58. The molecule has 0 spiro atoms. The average molecular weight is 520 g/mol. The van der Waals surface area contributed by atoms with Gasteiger partial charge in [0, 0.05) is 36.9 Å². The van der Waals surface area contributed by atoms with Crippen LogP contribution in [0.3, 0.4) is 0 Å². The van der Waals surface area contributed by atoms with Crippen molar-refractivity contribution in [1.82, 2.24) is 20.9 Å². The highest BCUT2D eigenvalue weighted by molar-refractivity contribution is 6.26. The first kappa shape index (κ1) is 26.7. The number of carbonyl (C=O) groups excluding carboxylic acids is 4. The lowest BCUT2D eigenvalue weighted by atomic mass is 10.0. The van der Waals surface area contributed by atoms with Gasteiger partial charge in [0.2, 0.25) is 17.7 Å². The molecular weight excluding hydrogens is 489 g/mol. The van der Waals surface area contributed by atoms with E-state index in [0.717, 1.165) is 22.0 Å². The summed E-state index contributed by atoms with van der Waals surface area (Å²) in [5, 5.41) is 16.4. The largest absolute Gasteiger partial charge is 0.361 e. The third kappa shape index (κ3) is 6.31.